The fraction of sp³-hybridized carbons (Fsp3) is 0.423. The number of halogens is 5. The molecule has 7 nitrogen and oxygen atoms in total. The van der Waals surface area contributed by atoms with Gasteiger partial charge in [-0.05, 0) is 29.3 Å². The van der Waals surface area contributed by atoms with E-state index in [1.165, 1.54) is 23.9 Å². The maximum atomic E-state index is 14.1. The third kappa shape index (κ3) is 4.72. The highest BCUT2D eigenvalue weighted by Crippen LogP contribution is 2.36. The summed E-state index contributed by atoms with van der Waals surface area (Å²) in [4.78, 5) is 15.1. The lowest BCUT2D eigenvalue weighted by molar-refractivity contribution is -0.136. The van der Waals surface area contributed by atoms with E-state index in [0.29, 0.717) is 11.5 Å². The van der Waals surface area contributed by atoms with Crippen LogP contribution in [0.5, 0.6) is 0 Å². The zero-order chi connectivity index (χ0) is 27.4. The van der Waals surface area contributed by atoms with Crippen molar-refractivity contribution in [2.24, 2.45) is 13.0 Å². The highest BCUT2D eigenvalue weighted by atomic mass is 19.4. The van der Waals surface area contributed by atoms with E-state index in [0.717, 1.165) is 16.0 Å². The van der Waals surface area contributed by atoms with Gasteiger partial charge >= 0.3 is 11.9 Å². The van der Waals surface area contributed by atoms with Crippen molar-refractivity contribution in [2.45, 2.75) is 44.8 Å². The first-order valence-electron chi connectivity index (χ1n) is 12.2. The summed E-state index contributed by atoms with van der Waals surface area (Å²) in [7, 11) is 1.81. The molecule has 1 fully saturated rings. The molecule has 0 bridgehead atoms. The Morgan fingerprint density at radius 2 is 1.95 bits per heavy atom. The van der Waals surface area contributed by atoms with Crippen molar-refractivity contribution >= 4 is 5.52 Å². The molecule has 0 unspecified atom stereocenters. The van der Waals surface area contributed by atoms with Crippen molar-refractivity contribution in [3.05, 3.63) is 82.1 Å². The summed E-state index contributed by atoms with van der Waals surface area (Å²) >= 11 is 0. The minimum Gasteiger partial charge on any atom is -0.320 e. The normalized spacial score (nSPS) is 19.2. The predicted octanol–water partition coefficient (Wildman–Crippen LogP) is 4.87. The number of benzene rings is 1. The van der Waals surface area contributed by atoms with Crippen LogP contribution in [-0.4, -0.2) is 47.6 Å². The molecule has 4 aromatic rings. The lowest BCUT2D eigenvalue weighted by atomic mass is 9.95. The summed E-state index contributed by atoms with van der Waals surface area (Å²) in [6.45, 7) is 3.50. The van der Waals surface area contributed by atoms with Gasteiger partial charge in [-0.1, -0.05) is 26.0 Å². The number of alkyl halides is 5. The van der Waals surface area contributed by atoms with E-state index in [2.05, 4.69) is 10.2 Å². The molecule has 2 atom stereocenters. The average Bonchev–Trinajstić information content (AvgIpc) is 3.43. The summed E-state index contributed by atoms with van der Waals surface area (Å²) in [5.74, 6) is -3.19. The number of hydrogen-bond acceptors (Lipinski definition) is 4. The Labute approximate surface area is 215 Å². The number of imidazole rings is 1. The molecule has 1 aliphatic rings. The molecular formula is C26H27F5N6O. The number of likely N-dealkylation sites (tertiary alicyclic amines) is 1. The molecule has 0 radical (unpaired) electrons. The van der Waals surface area contributed by atoms with Gasteiger partial charge in [0.25, 0.3) is 5.92 Å². The molecular weight excluding hydrogens is 507 g/mol. The number of nitrogens with zero attached hydrogens (tertiary/aromatic N) is 6. The van der Waals surface area contributed by atoms with Gasteiger partial charge in [-0.25, -0.2) is 13.6 Å². The maximum Gasteiger partial charge on any atom is 0.418 e. The van der Waals surface area contributed by atoms with E-state index in [4.69, 9.17) is 0 Å². The van der Waals surface area contributed by atoms with Crippen molar-refractivity contribution in [1.82, 2.24) is 28.6 Å². The van der Waals surface area contributed by atoms with Crippen molar-refractivity contribution in [3.63, 3.8) is 0 Å². The first kappa shape index (κ1) is 26.1. The standard InChI is InChI=1S/C26H27F5N6O/c1-16-11-35(8-7-25(16,27)28)12-18-9-21(26(29,30)31)22-14-36(24(38)37(22)13-18)20-6-4-5-19(10-20)17(2)23-33-32-15-34(23)3/h4-6,9-10,13-17H,7-8,11-12H2,1-3H3/t16-,17+/m1/s1. The highest BCUT2D eigenvalue weighted by Gasteiger charge is 2.41. The summed E-state index contributed by atoms with van der Waals surface area (Å²) in [5.41, 5.74) is -0.442. The molecule has 5 rings (SSSR count). The Morgan fingerprint density at radius 1 is 1.18 bits per heavy atom. The van der Waals surface area contributed by atoms with Crippen LogP contribution in [0.15, 0.2) is 53.8 Å². The summed E-state index contributed by atoms with van der Waals surface area (Å²) in [5, 5.41) is 8.02. The maximum absolute atomic E-state index is 14.1. The molecule has 202 valence electrons. The Hall–Kier alpha value is -3.54. The summed E-state index contributed by atoms with van der Waals surface area (Å²) < 4.78 is 74.0. The summed E-state index contributed by atoms with van der Waals surface area (Å²) in [6.07, 6.45) is -0.948. The topological polar surface area (TPSA) is 60.4 Å². The first-order chi connectivity index (χ1) is 17.8. The largest absolute Gasteiger partial charge is 0.418 e. The van der Waals surface area contributed by atoms with Crippen LogP contribution in [0, 0.1) is 5.92 Å². The van der Waals surface area contributed by atoms with E-state index >= 15 is 0 Å². The van der Waals surface area contributed by atoms with Crippen LogP contribution in [0.1, 0.15) is 48.7 Å². The highest BCUT2D eigenvalue weighted by molar-refractivity contribution is 5.58. The van der Waals surface area contributed by atoms with Gasteiger partial charge < -0.3 is 4.57 Å². The SMILES string of the molecule is C[C@@H](c1cccc(-n2cc3c(C(F)(F)F)cc(CN4CCC(F)(F)[C@H](C)C4)cn3c2=O)c1)c1nncn1C. The van der Waals surface area contributed by atoms with Crippen molar-refractivity contribution in [2.75, 3.05) is 13.1 Å². The number of pyridine rings is 1. The Kier molecular flexibility index (Phi) is 6.41. The van der Waals surface area contributed by atoms with E-state index in [1.54, 1.807) is 34.0 Å². The lowest BCUT2D eigenvalue weighted by Gasteiger charge is -2.36. The monoisotopic (exact) mass is 534 g/mol. The fourth-order valence-corrected chi connectivity index (χ4v) is 5.09. The Bertz CT molecular complexity index is 1540. The van der Waals surface area contributed by atoms with Gasteiger partial charge in [0, 0.05) is 57.3 Å². The van der Waals surface area contributed by atoms with Gasteiger partial charge in [0.2, 0.25) is 0 Å². The van der Waals surface area contributed by atoms with Crippen LogP contribution in [0.25, 0.3) is 11.2 Å². The van der Waals surface area contributed by atoms with Crippen LogP contribution in [-0.2, 0) is 19.8 Å². The molecule has 0 aliphatic carbocycles. The lowest BCUT2D eigenvalue weighted by Crippen LogP contribution is -2.45. The molecule has 1 saturated heterocycles. The molecule has 4 heterocycles. The van der Waals surface area contributed by atoms with Gasteiger partial charge in [0.1, 0.15) is 12.2 Å². The average molecular weight is 535 g/mol. The molecule has 0 saturated carbocycles. The van der Waals surface area contributed by atoms with Crippen LogP contribution in [0.2, 0.25) is 0 Å². The van der Waals surface area contributed by atoms with Gasteiger partial charge in [-0.2, -0.15) is 13.2 Å². The van der Waals surface area contributed by atoms with Crippen LogP contribution >= 0.6 is 0 Å². The zero-order valence-electron chi connectivity index (χ0n) is 21.1. The van der Waals surface area contributed by atoms with E-state index in [-0.39, 0.29) is 43.1 Å². The van der Waals surface area contributed by atoms with Crippen molar-refractivity contribution < 1.29 is 22.0 Å². The first-order valence-corrected chi connectivity index (χ1v) is 12.2. The molecule has 0 spiro atoms. The van der Waals surface area contributed by atoms with Crippen molar-refractivity contribution in [1.29, 1.82) is 0 Å². The fourth-order valence-electron chi connectivity index (χ4n) is 5.09. The molecule has 38 heavy (non-hydrogen) atoms. The predicted molar refractivity (Wildman–Crippen MR) is 131 cm³/mol. The molecule has 1 aliphatic heterocycles. The van der Waals surface area contributed by atoms with E-state index in [1.807, 2.05) is 20.0 Å². The van der Waals surface area contributed by atoms with Crippen LogP contribution in [0.4, 0.5) is 22.0 Å². The third-order valence-electron chi connectivity index (χ3n) is 7.33. The minimum absolute atomic E-state index is 0.0295. The van der Waals surface area contributed by atoms with Gasteiger partial charge in [-0.15, -0.1) is 10.2 Å². The second-order valence-electron chi connectivity index (χ2n) is 10.1. The molecule has 1 aromatic carbocycles. The number of rotatable bonds is 5. The second-order valence-corrected chi connectivity index (χ2v) is 10.1. The second kappa shape index (κ2) is 9.33. The number of aryl methyl sites for hydroxylation is 1. The van der Waals surface area contributed by atoms with Gasteiger partial charge in [-0.3, -0.25) is 13.9 Å². The molecule has 3 aromatic heterocycles. The quantitative estimate of drug-likeness (QED) is 0.343. The number of hydrogen-bond donors (Lipinski definition) is 0. The zero-order valence-corrected chi connectivity index (χ0v) is 21.1. The van der Waals surface area contributed by atoms with E-state index in [9.17, 15) is 26.7 Å². The molecule has 0 N–H and O–H groups in total. The number of fused-ring (bicyclic) bond motifs is 1. The summed E-state index contributed by atoms with van der Waals surface area (Å²) in [6, 6.07) is 7.98. The molecule has 12 heteroatoms. The Morgan fingerprint density at radius 3 is 2.61 bits per heavy atom. The van der Waals surface area contributed by atoms with Crippen molar-refractivity contribution in [3.8, 4) is 5.69 Å². The van der Waals surface area contributed by atoms with Gasteiger partial charge in [0.15, 0.2) is 0 Å². The van der Waals surface area contributed by atoms with E-state index < -0.39 is 29.3 Å². The smallest absolute Gasteiger partial charge is 0.320 e. The Balaban J connectivity index is 1.54. The van der Waals surface area contributed by atoms with Crippen LogP contribution < -0.4 is 5.69 Å². The third-order valence-corrected chi connectivity index (χ3v) is 7.33. The minimum atomic E-state index is -4.72. The van der Waals surface area contributed by atoms with Crippen LogP contribution in [0.3, 0.4) is 0 Å². The number of aromatic nitrogens is 5. The molecule has 0 amide bonds. The van der Waals surface area contributed by atoms with Gasteiger partial charge in [0.05, 0.1) is 16.8 Å². The number of piperidine rings is 1.